The highest BCUT2D eigenvalue weighted by atomic mass is 16.5. The van der Waals surface area contributed by atoms with Crippen LogP contribution in [0.5, 0.6) is 0 Å². The van der Waals surface area contributed by atoms with Crippen molar-refractivity contribution in [2.45, 2.75) is 6.61 Å². The Morgan fingerprint density at radius 2 is 2.11 bits per heavy atom. The van der Waals surface area contributed by atoms with Crippen molar-refractivity contribution in [3.05, 3.63) is 53.9 Å². The zero-order valence-electron chi connectivity index (χ0n) is 10.5. The molecule has 0 saturated carbocycles. The minimum Gasteiger partial charge on any atom is -0.477 e. The van der Waals surface area contributed by atoms with Gasteiger partial charge in [0.1, 0.15) is 5.69 Å². The van der Waals surface area contributed by atoms with Gasteiger partial charge in [-0.05, 0) is 29.8 Å². The maximum absolute atomic E-state index is 10.8. The van der Waals surface area contributed by atoms with Crippen LogP contribution in [0.15, 0.2) is 42.6 Å². The Kier molecular flexibility index (Phi) is 4.10. The molecule has 2 rings (SSSR count). The standard InChI is InChI=1S/C14H14N2O3/c1-19-9-10-3-2-4-11(7-10)16-12-5-6-15-13(8-12)14(17)18/h2-8H,9H2,1H3,(H,15,16)(H,17,18). The van der Waals surface area contributed by atoms with E-state index in [2.05, 4.69) is 10.3 Å². The molecule has 0 aliphatic heterocycles. The second-order valence-corrected chi connectivity index (χ2v) is 3.99. The van der Waals surface area contributed by atoms with E-state index in [9.17, 15) is 4.79 Å². The quantitative estimate of drug-likeness (QED) is 0.862. The third kappa shape index (κ3) is 3.53. The summed E-state index contributed by atoms with van der Waals surface area (Å²) in [6.07, 6.45) is 1.46. The maximum Gasteiger partial charge on any atom is 0.354 e. The van der Waals surface area contributed by atoms with Gasteiger partial charge in [-0.3, -0.25) is 0 Å². The molecular weight excluding hydrogens is 244 g/mol. The third-order valence-electron chi connectivity index (χ3n) is 2.51. The molecule has 1 aromatic heterocycles. The molecule has 98 valence electrons. The summed E-state index contributed by atoms with van der Waals surface area (Å²) < 4.78 is 5.07. The average molecular weight is 258 g/mol. The van der Waals surface area contributed by atoms with Gasteiger partial charge in [0, 0.05) is 24.7 Å². The third-order valence-corrected chi connectivity index (χ3v) is 2.51. The van der Waals surface area contributed by atoms with Crippen LogP contribution in [0.3, 0.4) is 0 Å². The van der Waals surface area contributed by atoms with E-state index in [4.69, 9.17) is 9.84 Å². The van der Waals surface area contributed by atoms with Crippen molar-refractivity contribution in [2.75, 3.05) is 12.4 Å². The number of hydrogen-bond acceptors (Lipinski definition) is 4. The van der Waals surface area contributed by atoms with Crippen LogP contribution in [0.2, 0.25) is 0 Å². The number of carboxylic acid groups (broad SMARTS) is 1. The van der Waals surface area contributed by atoms with Crippen LogP contribution in [0.4, 0.5) is 11.4 Å². The zero-order valence-corrected chi connectivity index (χ0v) is 10.5. The first-order valence-electron chi connectivity index (χ1n) is 5.73. The Labute approximate surface area is 110 Å². The van der Waals surface area contributed by atoms with E-state index in [1.165, 1.54) is 12.3 Å². The van der Waals surface area contributed by atoms with Gasteiger partial charge in [-0.2, -0.15) is 0 Å². The number of aromatic carboxylic acids is 1. The monoisotopic (exact) mass is 258 g/mol. The first kappa shape index (κ1) is 13.0. The number of pyridine rings is 1. The second kappa shape index (κ2) is 5.97. The number of anilines is 2. The van der Waals surface area contributed by atoms with Crippen molar-refractivity contribution < 1.29 is 14.6 Å². The molecule has 1 aromatic carbocycles. The Hall–Kier alpha value is -2.40. The molecule has 0 bridgehead atoms. The van der Waals surface area contributed by atoms with Crippen LogP contribution in [0.25, 0.3) is 0 Å². The van der Waals surface area contributed by atoms with Gasteiger partial charge in [-0.1, -0.05) is 12.1 Å². The van der Waals surface area contributed by atoms with Gasteiger partial charge in [-0.25, -0.2) is 9.78 Å². The predicted molar refractivity (Wildman–Crippen MR) is 71.6 cm³/mol. The van der Waals surface area contributed by atoms with Gasteiger partial charge in [0.2, 0.25) is 0 Å². The van der Waals surface area contributed by atoms with E-state index >= 15 is 0 Å². The second-order valence-electron chi connectivity index (χ2n) is 3.99. The highest BCUT2D eigenvalue weighted by Crippen LogP contribution is 2.18. The Morgan fingerprint density at radius 3 is 2.84 bits per heavy atom. The van der Waals surface area contributed by atoms with E-state index in [1.807, 2.05) is 24.3 Å². The summed E-state index contributed by atoms with van der Waals surface area (Å²) in [7, 11) is 1.64. The number of benzene rings is 1. The van der Waals surface area contributed by atoms with Crippen LogP contribution < -0.4 is 5.32 Å². The minimum absolute atomic E-state index is 0.0121. The van der Waals surface area contributed by atoms with Crippen molar-refractivity contribution in [1.82, 2.24) is 4.98 Å². The van der Waals surface area contributed by atoms with Crippen molar-refractivity contribution in [1.29, 1.82) is 0 Å². The van der Waals surface area contributed by atoms with Crippen LogP contribution in [0.1, 0.15) is 16.1 Å². The largest absolute Gasteiger partial charge is 0.477 e. The van der Waals surface area contributed by atoms with E-state index in [0.29, 0.717) is 12.3 Å². The fourth-order valence-electron chi connectivity index (χ4n) is 1.70. The summed E-state index contributed by atoms with van der Waals surface area (Å²) in [6, 6.07) is 10.9. The lowest BCUT2D eigenvalue weighted by atomic mass is 10.2. The van der Waals surface area contributed by atoms with Gasteiger partial charge in [-0.15, -0.1) is 0 Å². The normalized spacial score (nSPS) is 10.2. The molecule has 0 saturated heterocycles. The molecule has 0 amide bonds. The van der Waals surface area contributed by atoms with E-state index in [-0.39, 0.29) is 5.69 Å². The number of hydrogen-bond donors (Lipinski definition) is 2. The first-order chi connectivity index (χ1) is 9.19. The molecule has 0 spiro atoms. The van der Waals surface area contributed by atoms with Crippen LogP contribution in [-0.2, 0) is 11.3 Å². The van der Waals surface area contributed by atoms with Crippen LogP contribution >= 0.6 is 0 Å². The summed E-state index contributed by atoms with van der Waals surface area (Å²) >= 11 is 0. The van der Waals surface area contributed by atoms with E-state index in [0.717, 1.165) is 11.3 Å². The minimum atomic E-state index is -1.04. The lowest BCUT2D eigenvalue weighted by Crippen LogP contribution is -2.01. The smallest absolute Gasteiger partial charge is 0.354 e. The highest BCUT2D eigenvalue weighted by molar-refractivity contribution is 5.86. The number of methoxy groups -OCH3 is 1. The molecule has 19 heavy (non-hydrogen) atoms. The Balaban J connectivity index is 2.18. The number of carboxylic acids is 1. The highest BCUT2D eigenvalue weighted by Gasteiger charge is 2.05. The summed E-state index contributed by atoms with van der Waals surface area (Å²) in [5, 5.41) is 12.0. The van der Waals surface area contributed by atoms with Gasteiger partial charge >= 0.3 is 5.97 Å². The van der Waals surface area contributed by atoms with Gasteiger partial charge in [0.05, 0.1) is 6.61 Å². The first-order valence-corrected chi connectivity index (χ1v) is 5.73. The Morgan fingerprint density at radius 1 is 1.32 bits per heavy atom. The molecule has 2 N–H and O–H groups in total. The number of nitrogens with one attached hydrogen (secondary N) is 1. The SMILES string of the molecule is COCc1cccc(Nc2ccnc(C(=O)O)c2)c1. The molecule has 2 aromatic rings. The zero-order chi connectivity index (χ0) is 13.7. The molecule has 0 unspecified atom stereocenters. The van der Waals surface area contributed by atoms with E-state index < -0.39 is 5.97 Å². The topological polar surface area (TPSA) is 71.5 Å². The van der Waals surface area contributed by atoms with Crippen molar-refractivity contribution in [3.63, 3.8) is 0 Å². The van der Waals surface area contributed by atoms with Crippen LogP contribution in [0, 0.1) is 0 Å². The van der Waals surface area contributed by atoms with Crippen LogP contribution in [-0.4, -0.2) is 23.2 Å². The lowest BCUT2D eigenvalue weighted by Gasteiger charge is -2.08. The number of rotatable bonds is 5. The Bertz CT molecular complexity index is 584. The van der Waals surface area contributed by atoms with Gasteiger partial charge in [0.15, 0.2) is 0 Å². The fraction of sp³-hybridized carbons (Fsp3) is 0.143. The maximum atomic E-state index is 10.8. The predicted octanol–water partition coefficient (Wildman–Crippen LogP) is 2.67. The van der Waals surface area contributed by atoms with Gasteiger partial charge < -0.3 is 15.2 Å². The van der Waals surface area contributed by atoms with Gasteiger partial charge in [0.25, 0.3) is 0 Å². The van der Waals surface area contributed by atoms with Crippen molar-refractivity contribution in [2.24, 2.45) is 0 Å². The molecule has 5 heteroatoms. The average Bonchev–Trinajstić information content (AvgIpc) is 2.40. The number of ether oxygens (including phenoxy) is 1. The summed E-state index contributed by atoms with van der Waals surface area (Å²) in [5.74, 6) is -1.04. The molecule has 5 nitrogen and oxygen atoms in total. The summed E-state index contributed by atoms with van der Waals surface area (Å²) in [6.45, 7) is 0.534. The number of nitrogens with zero attached hydrogens (tertiary/aromatic N) is 1. The number of aromatic nitrogens is 1. The lowest BCUT2D eigenvalue weighted by molar-refractivity contribution is 0.0690. The molecule has 1 heterocycles. The van der Waals surface area contributed by atoms with Crippen molar-refractivity contribution in [3.8, 4) is 0 Å². The summed E-state index contributed by atoms with van der Waals surface area (Å²) in [4.78, 5) is 14.6. The molecule has 0 radical (unpaired) electrons. The molecule has 0 fully saturated rings. The van der Waals surface area contributed by atoms with E-state index in [1.54, 1.807) is 13.2 Å². The fourth-order valence-corrected chi connectivity index (χ4v) is 1.70. The molecule has 0 aliphatic carbocycles. The number of carbonyl (C=O) groups is 1. The summed E-state index contributed by atoms with van der Waals surface area (Å²) in [5.41, 5.74) is 2.61. The molecule has 0 aliphatic rings. The molecule has 0 atom stereocenters. The molecular formula is C14H14N2O3. The van der Waals surface area contributed by atoms with Crippen molar-refractivity contribution >= 4 is 17.3 Å².